The molecule has 2 saturated heterocycles. The fourth-order valence-electron chi connectivity index (χ4n) is 5.28. The molecule has 0 saturated carbocycles. The van der Waals surface area contributed by atoms with Crippen molar-refractivity contribution in [2.45, 2.75) is 12.5 Å². The van der Waals surface area contributed by atoms with E-state index in [1.165, 1.54) is 0 Å². The standard InChI is InChI=1S/C29H30ClN3O4/c1-36-24-10-6-20(7-11-24)28-26(19-27(34)33(28)22-8-12-25(37-2)13-9-22)29(35)32-16-14-31(15-17-32)23-5-3-4-21(30)18-23/h3-13,18,26,28H,14-17,19H2,1-2H3/t26-,28+/m1/s1. The van der Waals surface area contributed by atoms with Crippen LogP contribution in [-0.2, 0) is 9.59 Å². The maximum Gasteiger partial charge on any atom is 0.228 e. The molecule has 5 rings (SSSR count). The fourth-order valence-corrected chi connectivity index (χ4v) is 5.46. The van der Waals surface area contributed by atoms with Crippen LogP contribution < -0.4 is 19.3 Å². The minimum absolute atomic E-state index is 0.0101. The number of amides is 2. The quantitative estimate of drug-likeness (QED) is 0.468. The molecule has 37 heavy (non-hydrogen) atoms. The zero-order chi connectivity index (χ0) is 25.9. The van der Waals surface area contributed by atoms with E-state index in [-0.39, 0.29) is 18.2 Å². The van der Waals surface area contributed by atoms with Gasteiger partial charge in [-0.15, -0.1) is 0 Å². The van der Waals surface area contributed by atoms with Gasteiger partial charge >= 0.3 is 0 Å². The topological polar surface area (TPSA) is 62.3 Å². The largest absolute Gasteiger partial charge is 0.497 e. The summed E-state index contributed by atoms with van der Waals surface area (Å²) in [7, 11) is 3.23. The van der Waals surface area contributed by atoms with Gasteiger partial charge < -0.3 is 24.2 Å². The van der Waals surface area contributed by atoms with Gasteiger partial charge in [0.25, 0.3) is 0 Å². The van der Waals surface area contributed by atoms with E-state index in [2.05, 4.69) is 4.90 Å². The van der Waals surface area contributed by atoms with E-state index >= 15 is 0 Å². The average Bonchev–Trinajstić information content (AvgIpc) is 3.29. The van der Waals surface area contributed by atoms with Crippen LogP contribution in [-0.4, -0.2) is 57.1 Å². The monoisotopic (exact) mass is 519 g/mol. The number of carbonyl (C=O) groups is 2. The lowest BCUT2D eigenvalue weighted by Gasteiger charge is -2.38. The van der Waals surface area contributed by atoms with Gasteiger partial charge in [0.2, 0.25) is 11.8 Å². The molecule has 0 spiro atoms. The Morgan fingerprint density at radius 1 is 0.838 bits per heavy atom. The Morgan fingerprint density at radius 2 is 1.46 bits per heavy atom. The summed E-state index contributed by atoms with van der Waals surface area (Å²) in [6, 6.07) is 22.4. The normalized spacial score (nSPS) is 19.8. The van der Waals surface area contributed by atoms with E-state index < -0.39 is 12.0 Å². The molecule has 0 bridgehead atoms. The van der Waals surface area contributed by atoms with Crippen molar-refractivity contribution in [2.24, 2.45) is 5.92 Å². The van der Waals surface area contributed by atoms with Gasteiger partial charge in [0.15, 0.2) is 0 Å². The maximum absolute atomic E-state index is 13.9. The lowest BCUT2D eigenvalue weighted by Crippen LogP contribution is -2.51. The predicted octanol–water partition coefficient (Wildman–Crippen LogP) is 4.80. The number of hydrogen-bond donors (Lipinski definition) is 0. The van der Waals surface area contributed by atoms with Crippen LogP contribution in [0, 0.1) is 5.92 Å². The lowest BCUT2D eigenvalue weighted by molar-refractivity contribution is -0.136. The van der Waals surface area contributed by atoms with Gasteiger partial charge in [0.05, 0.1) is 26.2 Å². The SMILES string of the molecule is COc1ccc([C@H]2[C@H](C(=O)N3CCN(c4cccc(Cl)c4)CC3)CC(=O)N2c2ccc(OC)cc2)cc1. The minimum Gasteiger partial charge on any atom is -0.497 e. The molecule has 0 aromatic heterocycles. The predicted molar refractivity (Wildman–Crippen MR) is 145 cm³/mol. The molecule has 8 heteroatoms. The van der Waals surface area contributed by atoms with Crippen molar-refractivity contribution < 1.29 is 19.1 Å². The number of piperazine rings is 1. The molecular weight excluding hydrogens is 490 g/mol. The molecule has 2 aliphatic rings. The molecule has 3 aromatic rings. The van der Waals surface area contributed by atoms with E-state index in [9.17, 15) is 9.59 Å². The first-order chi connectivity index (χ1) is 18.0. The summed E-state index contributed by atoms with van der Waals surface area (Å²) in [6.45, 7) is 2.60. The van der Waals surface area contributed by atoms with Gasteiger partial charge in [-0.2, -0.15) is 0 Å². The van der Waals surface area contributed by atoms with E-state index in [1.54, 1.807) is 19.1 Å². The number of carbonyl (C=O) groups excluding carboxylic acids is 2. The van der Waals surface area contributed by atoms with Crippen molar-refractivity contribution in [1.29, 1.82) is 0 Å². The van der Waals surface area contributed by atoms with Crippen molar-refractivity contribution in [3.8, 4) is 11.5 Å². The summed E-state index contributed by atoms with van der Waals surface area (Å²) in [5.41, 5.74) is 2.70. The zero-order valence-corrected chi connectivity index (χ0v) is 21.7. The second-order valence-electron chi connectivity index (χ2n) is 9.28. The van der Waals surface area contributed by atoms with Crippen LogP contribution in [0.15, 0.2) is 72.8 Å². The van der Waals surface area contributed by atoms with Crippen molar-refractivity contribution in [1.82, 2.24) is 4.90 Å². The second-order valence-corrected chi connectivity index (χ2v) is 9.72. The summed E-state index contributed by atoms with van der Waals surface area (Å²) in [5, 5.41) is 0.696. The van der Waals surface area contributed by atoms with E-state index in [0.717, 1.165) is 22.7 Å². The van der Waals surface area contributed by atoms with Crippen LogP contribution in [0.4, 0.5) is 11.4 Å². The average molecular weight is 520 g/mol. The lowest BCUT2D eigenvalue weighted by atomic mass is 9.91. The first-order valence-electron chi connectivity index (χ1n) is 12.4. The van der Waals surface area contributed by atoms with Gasteiger partial charge in [-0.05, 0) is 60.2 Å². The minimum atomic E-state index is -0.485. The number of ether oxygens (including phenoxy) is 2. The molecule has 0 unspecified atom stereocenters. The molecule has 0 radical (unpaired) electrons. The summed E-state index contributed by atoms with van der Waals surface area (Å²) in [5.74, 6) is 0.893. The van der Waals surface area contributed by atoms with E-state index in [0.29, 0.717) is 37.0 Å². The third-order valence-corrected chi connectivity index (χ3v) is 7.45. The van der Waals surface area contributed by atoms with Crippen LogP contribution >= 0.6 is 11.6 Å². The molecule has 192 valence electrons. The Kier molecular flexibility index (Phi) is 7.24. The van der Waals surface area contributed by atoms with Crippen LogP contribution in [0.3, 0.4) is 0 Å². The third kappa shape index (κ3) is 5.09. The Labute approximate surface area is 222 Å². The van der Waals surface area contributed by atoms with Crippen LogP contribution in [0.5, 0.6) is 11.5 Å². The molecule has 7 nitrogen and oxygen atoms in total. The Balaban J connectivity index is 1.40. The number of methoxy groups -OCH3 is 2. The second kappa shape index (κ2) is 10.7. The van der Waals surface area contributed by atoms with Gasteiger partial charge in [0, 0.05) is 49.0 Å². The van der Waals surface area contributed by atoms with Crippen molar-refractivity contribution in [2.75, 3.05) is 50.2 Å². The first-order valence-corrected chi connectivity index (χ1v) is 12.8. The molecule has 2 heterocycles. The highest BCUT2D eigenvalue weighted by Crippen LogP contribution is 2.43. The molecule has 0 N–H and O–H groups in total. The molecule has 3 aromatic carbocycles. The highest BCUT2D eigenvalue weighted by molar-refractivity contribution is 6.30. The molecule has 2 aliphatic heterocycles. The number of nitrogens with zero attached hydrogens (tertiary/aromatic N) is 3. The van der Waals surface area contributed by atoms with E-state index in [1.807, 2.05) is 77.7 Å². The number of benzene rings is 3. The zero-order valence-electron chi connectivity index (χ0n) is 21.0. The summed E-state index contributed by atoms with van der Waals surface area (Å²) >= 11 is 6.17. The van der Waals surface area contributed by atoms with Gasteiger partial charge in [0.1, 0.15) is 11.5 Å². The van der Waals surface area contributed by atoms with Crippen LogP contribution in [0.2, 0.25) is 5.02 Å². The van der Waals surface area contributed by atoms with Crippen molar-refractivity contribution >= 4 is 34.8 Å². The molecule has 2 fully saturated rings. The Hall–Kier alpha value is -3.71. The molecular formula is C29H30ClN3O4. The Morgan fingerprint density at radius 3 is 2.05 bits per heavy atom. The molecule has 0 aliphatic carbocycles. The van der Waals surface area contributed by atoms with Crippen LogP contribution in [0.1, 0.15) is 18.0 Å². The Bertz CT molecular complexity index is 1260. The number of hydrogen-bond acceptors (Lipinski definition) is 5. The van der Waals surface area contributed by atoms with Gasteiger partial charge in [-0.25, -0.2) is 0 Å². The van der Waals surface area contributed by atoms with Crippen molar-refractivity contribution in [3.05, 3.63) is 83.4 Å². The van der Waals surface area contributed by atoms with E-state index in [4.69, 9.17) is 21.1 Å². The number of anilines is 2. The number of rotatable bonds is 6. The molecule has 2 atom stereocenters. The first kappa shape index (κ1) is 25.0. The summed E-state index contributed by atoms with van der Waals surface area (Å²) in [4.78, 5) is 33.2. The highest BCUT2D eigenvalue weighted by atomic mass is 35.5. The van der Waals surface area contributed by atoms with Gasteiger partial charge in [-0.3, -0.25) is 9.59 Å². The maximum atomic E-state index is 13.9. The van der Waals surface area contributed by atoms with Crippen LogP contribution in [0.25, 0.3) is 0 Å². The van der Waals surface area contributed by atoms with Gasteiger partial charge in [-0.1, -0.05) is 29.8 Å². The fraction of sp³-hybridized carbons (Fsp3) is 0.310. The number of halogens is 1. The van der Waals surface area contributed by atoms with Crippen molar-refractivity contribution in [3.63, 3.8) is 0 Å². The summed E-state index contributed by atoms with van der Waals surface area (Å²) in [6.07, 6.45) is 0.163. The smallest absolute Gasteiger partial charge is 0.228 e. The summed E-state index contributed by atoms with van der Waals surface area (Å²) < 4.78 is 10.6. The molecule has 2 amide bonds. The third-order valence-electron chi connectivity index (χ3n) is 7.21. The highest BCUT2D eigenvalue weighted by Gasteiger charge is 2.46.